The fraction of sp³-hybridized carbons (Fsp3) is 0.923. The van der Waals surface area contributed by atoms with Gasteiger partial charge in [0.05, 0.1) is 6.54 Å². The molecule has 1 N–H and O–H groups in total. The van der Waals surface area contributed by atoms with Crippen LogP contribution in [0, 0.1) is 5.41 Å². The molecule has 1 aliphatic rings. The van der Waals surface area contributed by atoms with Crippen molar-refractivity contribution in [1.82, 2.24) is 4.90 Å². The molecule has 1 fully saturated rings. The molecule has 1 saturated carbocycles. The van der Waals surface area contributed by atoms with Crippen molar-refractivity contribution in [3.63, 3.8) is 0 Å². The van der Waals surface area contributed by atoms with E-state index in [9.17, 15) is 4.79 Å². The van der Waals surface area contributed by atoms with Gasteiger partial charge >= 0.3 is 5.97 Å². The molecule has 0 amide bonds. The predicted molar refractivity (Wildman–Crippen MR) is 65.5 cm³/mol. The Labute approximate surface area is 98.8 Å². The average molecular weight is 227 g/mol. The summed E-state index contributed by atoms with van der Waals surface area (Å²) in [6.07, 6.45) is 5.94. The van der Waals surface area contributed by atoms with Crippen molar-refractivity contribution in [3.05, 3.63) is 0 Å². The zero-order valence-corrected chi connectivity index (χ0v) is 10.8. The molecular formula is C13H25NO2. The van der Waals surface area contributed by atoms with E-state index in [0.717, 1.165) is 13.0 Å². The van der Waals surface area contributed by atoms with Gasteiger partial charge in [0.1, 0.15) is 0 Å². The topological polar surface area (TPSA) is 40.5 Å². The monoisotopic (exact) mass is 227 g/mol. The van der Waals surface area contributed by atoms with Crippen LogP contribution in [0.4, 0.5) is 0 Å². The lowest BCUT2D eigenvalue weighted by atomic mass is 9.92. The number of hydrogen-bond acceptors (Lipinski definition) is 2. The third-order valence-electron chi connectivity index (χ3n) is 3.33. The Bertz CT molecular complexity index is 227. The van der Waals surface area contributed by atoms with Gasteiger partial charge in [0.25, 0.3) is 0 Å². The summed E-state index contributed by atoms with van der Waals surface area (Å²) in [4.78, 5) is 13.0. The van der Waals surface area contributed by atoms with Gasteiger partial charge in [-0.15, -0.1) is 0 Å². The summed E-state index contributed by atoms with van der Waals surface area (Å²) in [5, 5.41) is 8.93. The van der Waals surface area contributed by atoms with E-state index in [-0.39, 0.29) is 12.0 Å². The van der Waals surface area contributed by atoms with Crippen LogP contribution in [0.25, 0.3) is 0 Å². The van der Waals surface area contributed by atoms with Crippen molar-refractivity contribution < 1.29 is 9.90 Å². The molecule has 3 nitrogen and oxygen atoms in total. The molecule has 0 bridgehead atoms. The van der Waals surface area contributed by atoms with Gasteiger partial charge in [0.15, 0.2) is 0 Å². The number of carbonyl (C=O) groups is 1. The lowest BCUT2D eigenvalue weighted by Crippen LogP contribution is -2.39. The molecular weight excluding hydrogens is 202 g/mol. The Balaban J connectivity index is 2.46. The lowest BCUT2D eigenvalue weighted by Gasteiger charge is -2.30. The minimum absolute atomic E-state index is 0.209. The second-order valence-corrected chi connectivity index (χ2v) is 6.11. The number of carboxylic acids is 1. The Kier molecular flexibility index (Phi) is 4.78. The molecule has 16 heavy (non-hydrogen) atoms. The fourth-order valence-electron chi connectivity index (χ4n) is 2.31. The van der Waals surface area contributed by atoms with E-state index in [0.29, 0.717) is 6.04 Å². The molecule has 0 spiro atoms. The SMILES string of the molecule is CC(C)(C)CCN(CC(=O)O)C1CCCC1. The zero-order chi connectivity index (χ0) is 12.2. The largest absolute Gasteiger partial charge is 0.480 e. The van der Waals surface area contributed by atoms with Crippen LogP contribution in [-0.2, 0) is 4.79 Å². The third kappa shape index (κ3) is 4.97. The summed E-state index contributed by atoms with van der Waals surface area (Å²) < 4.78 is 0. The number of hydrogen-bond donors (Lipinski definition) is 1. The fourth-order valence-corrected chi connectivity index (χ4v) is 2.31. The van der Waals surface area contributed by atoms with Crippen LogP contribution in [0.15, 0.2) is 0 Å². The first-order chi connectivity index (χ1) is 7.38. The number of carboxylic acid groups (broad SMARTS) is 1. The molecule has 0 aromatic heterocycles. The molecule has 1 rings (SSSR count). The van der Waals surface area contributed by atoms with Gasteiger partial charge in [0.2, 0.25) is 0 Å². The van der Waals surface area contributed by atoms with Gasteiger partial charge in [-0.25, -0.2) is 0 Å². The zero-order valence-electron chi connectivity index (χ0n) is 10.8. The standard InChI is InChI=1S/C13H25NO2/c1-13(2,3)8-9-14(10-12(15)16)11-6-4-5-7-11/h11H,4-10H2,1-3H3,(H,15,16). The van der Waals surface area contributed by atoms with Gasteiger partial charge in [-0.05, 0) is 31.2 Å². The van der Waals surface area contributed by atoms with E-state index in [1.165, 1.54) is 25.7 Å². The lowest BCUT2D eigenvalue weighted by molar-refractivity contribution is -0.139. The summed E-state index contributed by atoms with van der Waals surface area (Å²) in [6.45, 7) is 7.75. The number of nitrogens with zero attached hydrogens (tertiary/aromatic N) is 1. The van der Waals surface area contributed by atoms with Crippen molar-refractivity contribution in [3.8, 4) is 0 Å². The molecule has 0 saturated heterocycles. The summed E-state index contributed by atoms with van der Waals surface area (Å²) in [5.41, 5.74) is 0.287. The van der Waals surface area contributed by atoms with Crippen molar-refractivity contribution in [2.45, 2.75) is 58.9 Å². The third-order valence-corrected chi connectivity index (χ3v) is 3.33. The second-order valence-electron chi connectivity index (χ2n) is 6.11. The first-order valence-corrected chi connectivity index (χ1v) is 6.34. The highest BCUT2D eigenvalue weighted by molar-refractivity contribution is 5.69. The quantitative estimate of drug-likeness (QED) is 0.785. The maximum Gasteiger partial charge on any atom is 0.317 e. The average Bonchev–Trinajstić information content (AvgIpc) is 2.62. The summed E-state index contributed by atoms with van der Waals surface area (Å²) in [7, 11) is 0. The highest BCUT2D eigenvalue weighted by Crippen LogP contribution is 2.26. The first-order valence-electron chi connectivity index (χ1n) is 6.34. The molecule has 0 aromatic rings. The normalized spacial score (nSPS) is 18.2. The van der Waals surface area contributed by atoms with Crippen molar-refractivity contribution in [2.24, 2.45) is 5.41 Å². The highest BCUT2D eigenvalue weighted by atomic mass is 16.4. The Morgan fingerprint density at radius 3 is 2.31 bits per heavy atom. The molecule has 0 unspecified atom stereocenters. The minimum atomic E-state index is -0.694. The molecule has 94 valence electrons. The van der Waals surface area contributed by atoms with E-state index >= 15 is 0 Å². The van der Waals surface area contributed by atoms with E-state index in [1.807, 2.05) is 0 Å². The Morgan fingerprint density at radius 1 is 1.31 bits per heavy atom. The van der Waals surface area contributed by atoms with E-state index in [4.69, 9.17) is 5.11 Å². The Morgan fingerprint density at radius 2 is 1.88 bits per heavy atom. The summed E-state index contributed by atoms with van der Waals surface area (Å²) >= 11 is 0. The second kappa shape index (κ2) is 5.67. The van der Waals surface area contributed by atoms with E-state index < -0.39 is 5.97 Å². The first kappa shape index (κ1) is 13.5. The number of aliphatic carboxylic acids is 1. The summed E-state index contributed by atoms with van der Waals surface area (Å²) in [5.74, 6) is -0.694. The van der Waals surface area contributed by atoms with Crippen LogP contribution in [0.1, 0.15) is 52.9 Å². The molecule has 0 aromatic carbocycles. The van der Waals surface area contributed by atoms with Crippen LogP contribution >= 0.6 is 0 Å². The van der Waals surface area contributed by atoms with Gasteiger partial charge < -0.3 is 5.11 Å². The smallest absolute Gasteiger partial charge is 0.317 e. The summed E-state index contributed by atoms with van der Waals surface area (Å²) in [6, 6.07) is 0.512. The van der Waals surface area contributed by atoms with Crippen LogP contribution in [0.3, 0.4) is 0 Å². The van der Waals surface area contributed by atoms with Gasteiger partial charge in [0, 0.05) is 6.04 Å². The maximum atomic E-state index is 10.8. The van der Waals surface area contributed by atoms with Gasteiger partial charge in [-0.2, -0.15) is 0 Å². The van der Waals surface area contributed by atoms with Gasteiger partial charge in [-0.3, -0.25) is 9.69 Å². The highest BCUT2D eigenvalue weighted by Gasteiger charge is 2.25. The molecule has 0 aliphatic heterocycles. The van der Waals surface area contributed by atoms with E-state index in [1.54, 1.807) is 0 Å². The maximum absolute atomic E-state index is 10.8. The predicted octanol–water partition coefficient (Wildman–Crippen LogP) is 2.75. The molecule has 1 aliphatic carbocycles. The molecule has 0 radical (unpaired) electrons. The van der Waals surface area contributed by atoms with E-state index in [2.05, 4.69) is 25.7 Å². The van der Waals surface area contributed by atoms with Crippen LogP contribution in [-0.4, -0.2) is 35.1 Å². The molecule has 3 heteroatoms. The Hall–Kier alpha value is -0.570. The van der Waals surface area contributed by atoms with Crippen molar-refractivity contribution in [1.29, 1.82) is 0 Å². The van der Waals surface area contributed by atoms with Crippen molar-refractivity contribution in [2.75, 3.05) is 13.1 Å². The van der Waals surface area contributed by atoms with Crippen LogP contribution < -0.4 is 0 Å². The molecule has 0 heterocycles. The van der Waals surface area contributed by atoms with Crippen molar-refractivity contribution >= 4 is 5.97 Å². The minimum Gasteiger partial charge on any atom is -0.480 e. The van der Waals surface area contributed by atoms with Crippen LogP contribution in [0.5, 0.6) is 0 Å². The number of rotatable bonds is 5. The molecule has 0 atom stereocenters. The van der Waals surface area contributed by atoms with Gasteiger partial charge in [-0.1, -0.05) is 33.6 Å². The van der Waals surface area contributed by atoms with Crippen LogP contribution in [0.2, 0.25) is 0 Å².